The number of nitrogens with zero attached hydrogens (tertiary/aromatic N) is 3. The smallest absolute Gasteiger partial charge is 0.236 e. The summed E-state index contributed by atoms with van der Waals surface area (Å²) < 4.78 is 13.2. The molecule has 1 aliphatic rings. The van der Waals surface area contributed by atoms with Gasteiger partial charge in [0.2, 0.25) is 5.91 Å². The van der Waals surface area contributed by atoms with Crippen molar-refractivity contribution in [2.45, 2.75) is 46.7 Å². The van der Waals surface area contributed by atoms with Crippen molar-refractivity contribution in [2.24, 2.45) is 5.92 Å². The van der Waals surface area contributed by atoms with Crippen molar-refractivity contribution < 1.29 is 9.18 Å². The second kappa shape index (κ2) is 10.0. The highest BCUT2D eigenvalue weighted by molar-refractivity contribution is 5.78. The molecule has 0 N–H and O–H groups in total. The van der Waals surface area contributed by atoms with Crippen molar-refractivity contribution in [1.82, 2.24) is 14.7 Å². The zero-order chi connectivity index (χ0) is 19.1. The number of amides is 1. The molecule has 4 nitrogen and oxygen atoms in total. The molecule has 1 aromatic carbocycles. The highest BCUT2D eigenvalue weighted by Crippen LogP contribution is 2.20. The number of carbonyl (C=O) groups is 1. The van der Waals surface area contributed by atoms with Gasteiger partial charge in [-0.15, -0.1) is 0 Å². The Hall–Kier alpha value is -1.46. The molecule has 1 saturated heterocycles. The van der Waals surface area contributed by atoms with E-state index >= 15 is 0 Å². The molecular weight excluding hydrogens is 329 g/mol. The Kier molecular flexibility index (Phi) is 8.04. The summed E-state index contributed by atoms with van der Waals surface area (Å²) in [4.78, 5) is 19.5. The van der Waals surface area contributed by atoms with Crippen LogP contribution in [0.15, 0.2) is 24.3 Å². The standard InChI is InChI=1S/C21H34FN3O/c1-5-23(6-2)16-21(26)25-13-7-12-24(20(15-25)17(3)4)14-18-8-10-19(22)11-9-18/h8-11,17,20H,5-7,12-16H2,1-4H3/t20-/m1/s1. The van der Waals surface area contributed by atoms with E-state index in [1.165, 1.54) is 12.1 Å². The number of benzene rings is 1. The van der Waals surface area contributed by atoms with E-state index in [0.29, 0.717) is 18.5 Å². The molecule has 0 aliphatic carbocycles. The summed E-state index contributed by atoms with van der Waals surface area (Å²) in [5.74, 6) is 0.499. The Balaban J connectivity index is 2.06. The lowest BCUT2D eigenvalue weighted by Crippen LogP contribution is -2.47. The average molecular weight is 364 g/mol. The van der Waals surface area contributed by atoms with Crippen LogP contribution in [-0.2, 0) is 11.3 Å². The number of hydrogen-bond donors (Lipinski definition) is 0. The van der Waals surface area contributed by atoms with Crippen LogP contribution in [0.3, 0.4) is 0 Å². The van der Waals surface area contributed by atoms with Crippen molar-refractivity contribution in [3.8, 4) is 0 Å². The van der Waals surface area contributed by atoms with Crippen LogP contribution in [0, 0.1) is 11.7 Å². The number of hydrogen-bond acceptors (Lipinski definition) is 3. The molecule has 0 saturated carbocycles. The first-order valence-corrected chi connectivity index (χ1v) is 9.93. The summed E-state index contributed by atoms with van der Waals surface area (Å²) in [6, 6.07) is 7.10. The van der Waals surface area contributed by atoms with Gasteiger partial charge in [-0.05, 0) is 43.1 Å². The molecule has 1 aliphatic heterocycles. The van der Waals surface area contributed by atoms with Gasteiger partial charge in [-0.3, -0.25) is 14.6 Å². The van der Waals surface area contributed by atoms with E-state index in [0.717, 1.165) is 51.3 Å². The van der Waals surface area contributed by atoms with Crippen LogP contribution in [-0.4, -0.2) is 65.9 Å². The molecule has 1 atom stereocenters. The van der Waals surface area contributed by atoms with Crippen molar-refractivity contribution in [3.05, 3.63) is 35.6 Å². The Morgan fingerprint density at radius 3 is 2.42 bits per heavy atom. The first-order valence-electron chi connectivity index (χ1n) is 9.93. The maximum atomic E-state index is 13.2. The third-order valence-electron chi connectivity index (χ3n) is 5.42. The van der Waals surface area contributed by atoms with Crippen molar-refractivity contribution in [3.63, 3.8) is 0 Å². The number of likely N-dealkylation sites (N-methyl/N-ethyl adjacent to an activating group) is 1. The van der Waals surface area contributed by atoms with Crippen molar-refractivity contribution in [2.75, 3.05) is 39.3 Å². The zero-order valence-electron chi connectivity index (χ0n) is 16.7. The summed E-state index contributed by atoms with van der Waals surface area (Å²) in [5, 5.41) is 0. The van der Waals surface area contributed by atoms with Gasteiger partial charge in [-0.2, -0.15) is 0 Å². The topological polar surface area (TPSA) is 26.8 Å². The van der Waals surface area contributed by atoms with Crippen LogP contribution in [0.1, 0.15) is 39.7 Å². The van der Waals surface area contributed by atoms with Gasteiger partial charge in [-0.25, -0.2) is 4.39 Å². The zero-order valence-corrected chi connectivity index (χ0v) is 16.7. The highest BCUT2D eigenvalue weighted by Gasteiger charge is 2.29. The first-order chi connectivity index (χ1) is 12.4. The second-order valence-electron chi connectivity index (χ2n) is 7.56. The van der Waals surface area contributed by atoms with Crippen molar-refractivity contribution >= 4 is 5.91 Å². The summed E-state index contributed by atoms with van der Waals surface area (Å²) in [5.41, 5.74) is 1.12. The molecule has 2 rings (SSSR count). The number of halogens is 1. The summed E-state index contributed by atoms with van der Waals surface area (Å²) >= 11 is 0. The molecule has 0 unspecified atom stereocenters. The van der Waals surface area contributed by atoms with Gasteiger partial charge < -0.3 is 4.90 Å². The van der Waals surface area contributed by atoms with E-state index in [9.17, 15) is 9.18 Å². The molecule has 26 heavy (non-hydrogen) atoms. The van der Waals surface area contributed by atoms with Gasteiger partial charge in [0.1, 0.15) is 5.82 Å². The highest BCUT2D eigenvalue weighted by atomic mass is 19.1. The van der Waals surface area contributed by atoms with Gasteiger partial charge >= 0.3 is 0 Å². The second-order valence-corrected chi connectivity index (χ2v) is 7.56. The van der Waals surface area contributed by atoms with Gasteiger partial charge in [0, 0.05) is 32.2 Å². The third-order valence-corrected chi connectivity index (χ3v) is 5.42. The lowest BCUT2D eigenvalue weighted by atomic mass is 10.0. The molecular formula is C21H34FN3O. The Labute approximate surface area is 158 Å². The molecule has 5 heteroatoms. The van der Waals surface area contributed by atoms with Crippen LogP contribution >= 0.6 is 0 Å². The molecule has 1 fully saturated rings. The quantitative estimate of drug-likeness (QED) is 0.744. The molecule has 0 aromatic heterocycles. The van der Waals surface area contributed by atoms with Gasteiger partial charge in [0.05, 0.1) is 6.54 Å². The fraction of sp³-hybridized carbons (Fsp3) is 0.667. The van der Waals surface area contributed by atoms with Crippen LogP contribution in [0.2, 0.25) is 0 Å². The number of rotatable bonds is 7. The number of carbonyl (C=O) groups excluding carboxylic acids is 1. The van der Waals surface area contributed by atoms with Gasteiger partial charge in [-0.1, -0.05) is 39.8 Å². The van der Waals surface area contributed by atoms with E-state index in [1.807, 2.05) is 17.0 Å². The first kappa shape index (κ1) is 20.8. The summed E-state index contributed by atoms with van der Waals surface area (Å²) in [6.07, 6.45) is 0.981. The minimum absolute atomic E-state index is 0.196. The van der Waals surface area contributed by atoms with Gasteiger partial charge in [0.25, 0.3) is 0 Å². The minimum atomic E-state index is -0.196. The molecule has 0 bridgehead atoms. The van der Waals surface area contributed by atoms with Crippen molar-refractivity contribution in [1.29, 1.82) is 0 Å². The summed E-state index contributed by atoms with van der Waals surface area (Å²) in [7, 11) is 0. The lowest BCUT2D eigenvalue weighted by molar-refractivity contribution is -0.132. The van der Waals surface area contributed by atoms with E-state index in [2.05, 4.69) is 37.5 Å². The SMILES string of the molecule is CCN(CC)CC(=O)N1CCCN(Cc2ccc(F)cc2)[C@@H](C(C)C)C1. The van der Waals surface area contributed by atoms with E-state index in [-0.39, 0.29) is 11.7 Å². The predicted octanol–water partition coefficient (Wildman–Crippen LogP) is 3.23. The summed E-state index contributed by atoms with van der Waals surface area (Å²) in [6.45, 7) is 14.3. The largest absolute Gasteiger partial charge is 0.340 e. The van der Waals surface area contributed by atoms with E-state index < -0.39 is 0 Å². The average Bonchev–Trinajstić information content (AvgIpc) is 2.84. The third kappa shape index (κ3) is 5.78. The van der Waals surface area contributed by atoms with Gasteiger partial charge in [0.15, 0.2) is 0 Å². The molecule has 0 radical (unpaired) electrons. The maximum Gasteiger partial charge on any atom is 0.236 e. The Morgan fingerprint density at radius 2 is 1.85 bits per heavy atom. The van der Waals surface area contributed by atoms with Crippen LogP contribution in [0.4, 0.5) is 4.39 Å². The van der Waals surface area contributed by atoms with Crippen LogP contribution < -0.4 is 0 Å². The van der Waals surface area contributed by atoms with E-state index in [1.54, 1.807) is 0 Å². The Bertz CT molecular complexity index is 557. The lowest BCUT2D eigenvalue weighted by Gasteiger charge is -2.35. The molecule has 1 amide bonds. The minimum Gasteiger partial charge on any atom is -0.340 e. The fourth-order valence-electron chi connectivity index (χ4n) is 3.68. The molecule has 1 heterocycles. The predicted molar refractivity (Wildman–Crippen MR) is 104 cm³/mol. The van der Waals surface area contributed by atoms with E-state index in [4.69, 9.17) is 0 Å². The van der Waals surface area contributed by atoms with Crippen LogP contribution in [0.5, 0.6) is 0 Å². The molecule has 146 valence electrons. The normalized spacial score (nSPS) is 19.2. The molecule has 1 aromatic rings. The Morgan fingerprint density at radius 1 is 1.19 bits per heavy atom. The molecule has 0 spiro atoms. The monoisotopic (exact) mass is 363 g/mol. The van der Waals surface area contributed by atoms with Crippen LogP contribution in [0.25, 0.3) is 0 Å². The fourth-order valence-corrected chi connectivity index (χ4v) is 3.68. The maximum absolute atomic E-state index is 13.2.